The van der Waals surface area contributed by atoms with Crippen LogP contribution in [0.4, 0.5) is 13.2 Å². The van der Waals surface area contributed by atoms with Gasteiger partial charge >= 0.3 is 6.18 Å². The van der Waals surface area contributed by atoms with E-state index in [1.54, 1.807) is 0 Å². The maximum Gasteiger partial charge on any atom is 0.416 e. The number of hydrogen-bond acceptors (Lipinski definition) is 1. The van der Waals surface area contributed by atoms with Crippen LogP contribution < -0.4 is 0 Å². The molecule has 1 aliphatic heterocycles. The second-order valence-corrected chi connectivity index (χ2v) is 3.72. The highest BCUT2D eigenvalue weighted by Gasteiger charge is 2.29. The Morgan fingerprint density at radius 1 is 1.12 bits per heavy atom. The minimum atomic E-state index is -4.26. The Bertz CT molecular complexity index is 382. The number of ether oxygens (including phenoxy) is 1. The topological polar surface area (TPSA) is 9.23 Å². The largest absolute Gasteiger partial charge is 0.416 e. The van der Waals surface area contributed by atoms with E-state index in [9.17, 15) is 13.2 Å². The number of hydrogen-bond donors (Lipinski definition) is 0. The Morgan fingerprint density at radius 3 is 2.31 bits per heavy atom. The van der Waals surface area contributed by atoms with Crippen molar-refractivity contribution in [2.45, 2.75) is 12.6 Å². The molecule has 1 nitrogen and oxygen atoms in total. The quantitative estimate of drug-likeness (QED) is 0.714. The molecule has 86 valence electrons. The molecule has 1 saturated heterocycles. The van der Waals surface area contributed by atoms with E-state index in [4.69, 9.17) is 4.74 Å². The lowest BCUT2D eigenvalue weighted by molar-refractivity contribution is -0.137. The lowest BCUT2D eigenvalue weighted by atomic mass is 10.1. The summed E-state index contributed by atoms with van der Waals surface area (Å²) in [7, 11) is 0. The molecule has 16 heavy (non-hydrogen) atoms. The summed E-state index contributed by atoms with van der Waals surface area (Å²) in [5, 5.41) is 0. The maximum atomic E-state index is 12.3. The zero-order chi connectivity index (χ0) is 11.6. The molecule has 1 fully saturated rings. The Morgan fingerprint density at radius 2 is 1.81 bits per heavy atom. The highest BCUT2D eigenvalue weighted by atomic mass is 19.4. The number of rotatable bonds is 1. The third kappa shape index (κ3) is 2.64. The van der Waals surface area contributed by atoms with E-state index < -0.39 is 11.7 Å². The highest BCUT2D eigenvalue weighted by Crippen LogP contribution is 2.29. The Balaban J connectivity index is 2.16. The van der Waals surface area contributed by atoms with Crippen molar-refractivity contribution in [1.29, 1.82) is 0 Å². The van der Waals surface area contributed by atoms with Gasteiger partial charge in [-0.25, -0.2) is 0 Å². The summed E-state index contributed by atoms with van der Waals surface area (Å²) < 4.78 is 42.0. The Hall–Kier alpha value is -1.29. The van der Waals surface area contributed by atoms with E-state index in [-0.39, 0.29) is 0 Å². The third-order valence-electron chi connectivity index (χ3n) is 2.46. The molecular formula is C12H11F3O. The molecule has 0 N–H and O–H groups in total. The second kappa shape index (κ2) is 4.29. The van der Waals surface area contributed by atoms with Crippen molar-refractivity contribution in [3.05, 3.63) is 41.0 Å². The van der Waals surface area contributed by atoms with Crippen molar-refractivity contribution in [1.82, 2.24) is 0 Å². The Labute approximate surface area is 91.5 Å². The predicted octanol–water partition coefficient (Wildman–Crippen LogP) is 3.51. The molecule has 1 aliphatic rings. The number of benzene rings is 1. The lowest BCUT2D eigenvalue weighted by Gasteiger charge is -2.06. The molecule has 0 amide bonds. The Kier molecular flexibility index (Phi) is 3.01. The molecule has 0 aromatic heterocycles. The summed E-state index contributed by atoms with van der Waals surface area (Å²) in [4.78, 5) is 0. The van der Waals surface area contributed by atoms with Crippen LogP contribution in [0.1, 0.15) is 17.5 Å². The van der Waals surface area contributed by atoms with Crippen molar-refractivity contribution in [3.63, 3.8) is 0 Å². The van der Waals surface area contributed by atoms with E-state index in [2.05, 4.69) is 0 Å². The number of alkyl halides is 3. The molecule has 1 aromatic carbocycles. The van der Waals surface area contributed by atoms with Crippen LogP contribution in [0.5, 0.6) is 0 Å². The molecule has 4 heteroatoms. The van der Waals surface area contributed by atoms with Crippen LogP contribution in [0.3, 0.4) is 0 Å². The van der Waals surface area contributed by atoms with E-state index >= 15 is 0 Å². The van der Waals surface area contributed by atoms with Gasteiger partial charge in [0, 0.05) is 0 Å². The SMILES string of the molecule is FC(F)(F)c1ccc(C=C2CCOC2)cc1. The zero-order valence-electron chi connectivity index (χ0n) is 8.55. The molecule has 0 bridgehead atoms. The van der Waals surface area contributed by atoms with Crippen LogP contribution in [0.25, 0.3) is 6.08 Å². The summed E-state index contributed by atoms with van der Waals surface area (Å²) in [5.41, 5.74) is 1.30. The van der Waals surface area contributed by atoms with Crippen LogP contribution in [0.15, 0.2) is 29.8 Å². The summed E-state index contributed by atoms with van der Waals surface area (Å²) in [5.74, 6) is 0. The highest BCUT2D eigenvalue weighted by molar-refractivity contribution is 5.54. The molecule has 0 radical (unpaired) electrons. The van der Waals surface area contributed by atoms with Gasteiger partial charge in [0.15, 0.2) is 0 Å². The predicted molar refractivity (Wildman–Crippen MR) is 54.9 cm³/mol. The fraction of sp³-hybridized carbons (Fsp3) is 0.333. The third-order valence-corrected chi connectivity index (χ3v) is 2.46. The maximum absolute atomic E-state index is 12.3. The van der Waals surface area contributed by atoms with Gasteiger partial charge in [0.1, 0.15) is 0 Å². The van der Waals surface area contributed by atoms with Crippen molar-refractivity contribution in [2.75, 3.05) is 13.2 Å². The first-order valence-corrected chi connectivity index (χ1v) is 5.00. The van der Waals surface area contributed by atoms with Gasteiger partial charge in [-0.1, -0.05) is 18.2 Å². The van der Waals surface area contributed by atoms with Crippen LogP contribution in [0, 0.1) is 0 Å². The van der Waals surface area contributed by atoms with E-state index in [1.165, 1.54) is 12.1 Å². The minimum Gasteiger partial charge on any atom is -0.377 e. The lowest BCUT2D eigenvalue weighted by Crippen LogP contribution is -2.04. The van der Waals surface area contributed by atoms with Gasteiger partial charge in [0.05, 0.1) is 18.8 Å². The van der Waals surface area contributed by atoms with Gasteiger partial charge in [-0.2, -0.15) is 13.2 Å². The van der Waals surface area contributed by atoms with Gasteiger partial charge in [-0.05, 0) is 29.7 Å². The van der Waals surface area contributed by atoms with Crippen molar-refractivity contribution in [3.8, 4) is 0 Å². The normalized spacial score (nSPS) is 19.3. The molecule has 0 saturated carbocycles. The molecule has 2 rings (SSSR count). The molecule has 0 spiro atoms. The fourth-order valence-corrected chi connectivity index (χ4v) is 1.60. The molecular weight excluding hydrogens is 217 g/mol. The fourth-order valence-electron chi connectivity index (χ4n) is 1.60. The van der Waals surface area contributed by atoms with Crippen LogP contribution in [0.2, 0.25) is 0 Å². The average Bonchev–Trinajstić information content (AvgIpc) is 2.70. The van der Waals surface area contributed by atoms with Crippen LogP contribution in [-0.4, -0.2) is 13.2 Å². The molecule has 0 aliphatic carbocycles. The smallest absolute Gasteiger partial charge is 0.377 e. The summed E-state index contributed by atoms with van der Waals surface area (Å²) in [6, 6.07) is 5.16. The molecule has 1 heterocycles. The zero-order valence-corrected chi connectivity index (χ0v) is 8.55. The van der Waals surface area contributed by atoms with Crippen molar-refractivity contribution in [2.24, 2.45) is 0 Å². The van der Waals surface area contributed by atoms with E-state index in [0.29, 0.717) is 13.2 Å². The minimum absolute atomic E-state index is 0.584. The molecule has 0 atom stereocenters. The van der Waals surface area contributed by atoms with Crippen molar-refractivity contribution >= 4 is 6.08 Å². The first-order chi connectivity index (χ1) is 7.55. The summed E-state index contributed by atoms with van der Waals surface area (Å²) in [6.07, 6.45) is -1.52. The van der Waals surface area contributed by atoms with E-state index in [1.807, 2.05) is 6.08 Å². The van der Waals surface area contributed by atoms with Crippen LogP contribution in [-0.2, 0) is 10.9 Å². The van der Waals surface area contributed by atoms with Gasteiger partial charge in [-0.3, -0.25) is 0 Å². The van der Waals surface area contributed by atoms with Gasteiger partial charge < -0.3 is 4.74 Å². The monoisotopic (exact) mass is 228 g/mol. The van der Waals surface area contributed by atoms with Crippen molar-refractivity contribution < 1.29 is 17.9 Å². The molecule has 0 unspecified atom stereocenters. The van der Waals surface area contributed by atoms with Gasteiger partial charge in [0.25, 0.3) is 0 Å². The van der Waals surface area contributed by atoms with Crippen LogP contribution >= 0.6 is 0 Å². The van der Waals surface area contributed by atoms with E-state index in [0.717, 1.165) is 29.7 Å². The van der Waals surface area contributed by atoms with Gasteiger partial charge in [-0.15, -0.1) is 0 Å². The summed E-state index contributed by atoms with van der Waals surface area (Å²) >= 11 is 0. The molecule has 1 aromatic rings. The summed E-state index contributed by atoms with van der Waals surface area (Å²) in [6.45, 7) is 1.29. The average molecular weight is 228 g/mol. The first kappa shape index (κ1) is 11.2. The number of halogens is 3. The van der Waals surface area contributed by atoms with Gasteiger partial charge in [0.2, 0.25) is 0 Å². The standard InChI is InChI=1S/C12H11F3O/c13-12(14,15)11-3-1-9(2-4-11)7-10-5-6-16-8-10/h1-4,7H,5-6,8H2. The first-order valence-electron chi connectivity index (χ1n) is 5.00. The second-order valence-electron chi connectivity index (χ2n) is 3.72.